The second-order valence-electron chi connectivity index (χ2n) is 1.48. The van der Waals surface area contributed by atoms with Crippen LogP contribution in [0.15, 0.2) is 5.10 Å². The summed E-state index contributed by atoms with van der Waals surface area (Å²) in [7, 11) is 1.66. The summed E-state index contributed by atoms with van der Waals surface area (Å²) >= 11 is 0. The van der Waals surface area contributed by atoms with Gasteiger partial charge in [0.2, 0.25) is 0 Å². The molecule has 0 saturated carbocycles. The molecule has 0 unspecified atom stereocenters. The fourth-order valence-electron chi connectivity index (χ4n) is 0.246. The van der Waals surface area contributed by atoms with E-state index >= 15 is 0 Å². The summed E-state index contributed by atoms with van der Waals surface area (Å²) < 4.78 is 0. The van der Waals surface area contributed by atoms with Crippen molar-refractivity contribution in [2.24, 2.45) is 5.10 Å². The Hall–Kier alpha value is -0.860. The monoisotopic (exact) mass is 114 g/mol. The first-order chi connectivity index (χ1) is 3.68. The highest BCUT2D eigenvalue weighted by Crippen LogP contribution is 1.74. The lowest BCUT2D eigenvalue weighted by atomic mass is 10.3. The van der Waals surface area contributed by atoms with Gasteiger partial charge in [0.15, 0.2) is 5.78 Å². The topological polar surface area (TPSA) is 41.5 Å². The number of ketones is 1. The maximum absolute atomic E-state index is 10.4. The minimum atomic E-state index is -0.000602. The fraction of sp³-hybridized carbons (Fsp3) is 0.600. The molecule has 0 amide bonds. The molecule has 0 fully saturated rings. The maximum atomic E-state index is 10.4. The zero-order chi connectivity index (χ0) is 6.57. The molecule has 0 rings (SSSR count). The number of hydrogen-bond donors (Lipinski definition) is 1. The lowest BCUT2D eigenvalue weighted by Crippen LogP contribution is -2.09. The van der Waals surface area contributed by atoms with Gasteiger partial charge in [-0.2, -0.15) is 5.10 Å². The van der Waals surface area contributed by atoms with E-state index in [1.165, 1.54) is 6.92 Å². The Balaban J connectivity index is 3.80. The van der Waals surface area contributed by atoms with Crippen molar-refractivity contribution in [1.29, 1.82) is 0 Å². The lowest BCUT2D eigenvalue weighted by molar-refractivity contribution is -0.111. The summed E-state index contributed by atoms with van der Waals surface area (Å²) in [4.78, 5) is 10.4. The molecule has 0 aliphatic carbocycles. The number of hydrogen-bond acceptors (Lipinski definition) is 3. The third kappa shape index (κ3) is 2.34. The quantitative estimate of drug-likeness (QED) is 0.410. The number of carbonyl (C=O) groups excluding carboxylic acids is 1. The van der Waals surface area contributed by atoms with Gasteiger partial charge in [0.05, 0.1) is 5.71 Å². The van der Waals surface area contributed by atoms with Crippen molar-refractivity contribution in [3.63, 3.8) is 0 Å². The molecule has 8 heavy (non-hydrogen) atoms. The molecule has 0 aromatic heterocycles. The zero-order valence-electron chi connectivity index (χ0n) is 5.36. The van der Waals surface area contributed by atoms with Gasteiger partial charge in [0.1, 0.15) is 0 Å². The first-order valence-corrected chi connectivity index (χ1v) is 2.40. The number of hydrazone groups is 1. The third-order valence-electron chi connectivity index (χ3n) is 0.789. The number of nitrogens with one attached hydrogen (secondary N) is 1. The molecule has 0 saturated heterocycles. The van der Waals surface area contributed by atoms with Gasteiger partial charge in [0, 0.05) is 14.0 Å². The molecule has 1 N–H and O–H groups in total. The van der Waals surface area contributed by atoms with E-state index in [4.69, 9.17) is 0 Å². The Morgan fingerprint density at radius 2 is 2.00 bits per heavy atom. The minimum Gasteiger partial charge on any atom is -0.313 e. The smallest absolute Gasteiger partial charge is 0.175 e. The first kappa shape index (κ1) is 7.14. The highest BCUT2D eigenvalue weighted by molar-refractivity contribution is 6.37. The van der Waals surface area contributed by atoms with E-state index in [1.807, 2.05) is 0 Å². The Bertz CT molecular complexity index is 118. The predicted octanol–water partition coefficient (Wildman–Crippen LogP) is 0.171. The molecule has 0 heterocycles. The van der Waals surface area contributed by atoms with Crippen LogP contribution < -0.4 is 5.43 Å². The molecule has 0 bridgehead atoms. The number of rotatable bonds is 2. The summed E-state index contributed by atoms with van der Waals surface area (Å²) in [5.74, 6) is -0.000602. The molecule has 46 valence electrons. The van der Waals surface area contributed by atoms with E-state index in [0.29, 0.717) is 5.71 Å². The number of Topliss-reactive ketones (excluding diaryl/α,β-unsaturated/α-hetero) is 1. The van der Waals surface area contributed by atoms with Crippen LogP contribution in [0.25, 0.3) is 0 Å². The van der Waals surface area contributed by atoms with Gasteiger partial charge >= 0.3 is 0 Å². The second kappa shape index (κ2) is 3.18. The van der Waals surface area contributed by atoms with Crippen LogP contribution in [0, 0.1) is 0 Å². The summed E-state index contributed by atoms with van der Waals surface area (Å²) in [5.41, 5.74) is 3.02. The van der Waals surface area contributed by atoms with E-state index in [-0.39, 0.29) is 5.78 Å². The number of carbonyl (C=O) groups is 1. The zero-order valence-corrected chi connectivity index (χ0v) is 5.36. The fourth-order valence-corrected chi connectivity index (χ4v) is 0.246. The highest BCUT2D eigenvalue weighted by atomic mass is 16.1. The Kier molecular flexibility index (Phi) is 2.84. The molecule has 0 radical (unpaired) electrons. The van der Waals surface area contributed by atoms with Gasteiger partial charge in [-0.05, 0) is 6.92 Å². The van der Waals surface area contributed by atoms with E-state index in [1.54, 1.807) is 14.0 Å². The Labute approximate surface area is 48.8 Å². The van der Waals surface area contributed by atoms with Crippen molar-refractivity contribution in [1.82, 2.24) is 5.43 Å². The highest BCUT2D eigenvalue weighted by Gasteiger charge is 1.93. The van der Waals surface area contributed by atoms with Crippen molar-refractivity contribution >= 4 is 11.5 Å². The van der Waals surface area contributed by atoms with Crippen LogP contribution in [0.4, 0.5) is 0 Å². The average molecular weight is 114 g/mol. The molecular formula is C5H10N2O. The van der Waals surface area contributed by atoms with Crippen LogP contribution in [0.2, 0.25) is 0 Å². The molecule has 0 aromatic carbocycles. The van der Waals surface area contributed by atoms with Crippen LogP contribution >= 0.6 is 0 Å². The molecule has 0 aliphatic heterocycles. The SMILES string of the molecule is CNN=C(C)C(C)=O. The largest absolute Gasteiger partial charge is 0.313 e. The van der Waals surface area contributed by atoms with E-state index < -0.39 is 0 Å². The van der Waals surface area contributed by atoms with Gasteiger partial charge in [-0.3, -0.25) is 4.79 Å². The predicted molar refractivity (Wildman–Crippen MR) is 32.8 cm³/mol. The third-order valence-corrected chi connectivity index (χ3v) is 0.789. The second-order valence-corrected chi connectivity index (χ2v) is 1.48. The molecule has 3 heteroatoms. The van der Waals surface area contributed by atoms with Crippen molar-refractivity contribution in [2.45, 2.75) is 13.8 Å². The van der Waals surface area contributed by atoms with E-state index in [0.717, 1.165) is 0 Å². The van der Waals surface area contributed by atoms with Crippen molar-refractivity contribution < 1.29 is 4.79 Å². The maximum Gasteiger partial charge on any atom is 0.175 e. The van der Waals surface area contributed by atoms with Crippen LogP contribution in [0.3, 0.4) is 0 Å². The van der Waals surface area contributed by atoms with Crippen molar-refractivity contribution in [3.8, 4) is 0 Å². The molecule has 0 aromatic rings. The van der Waals surface area contributed by atoms with Crippen LogP contribution in [-0.4, -0.2) is 18.5 Å². The van der Waals surface area contributed by atoms with Gasteiger partial charge < -0.3 is 5.43 Å². The van der Waals surface area contributed by atoms with Crippen molar-refractivity contribution in [2.75, 3.05) is 7.05 Å². The molecule has 0 aliphatic rings. The minimum absolute atomic E-state index is 0.000602. The van der Waals surface area contributed by atoms with Gasteiger partial charge in [-0.15, -0.1) is 0 Å². The summed E-state index contributed by atoms with van der Waals surface area (Å²) in [5, 5.41) is 3.64. The van der Waals surface area contributed by atoms with Crippen LogP contribution in [-0.2, 0) is 4.79 Å². The standard InChI is InChI=1S/C5H10N2O/c1-4(5(2)8)7-6-3/h6H,1-3H3. The van der Waals surface area contributed by atoms with Gasteiger partial charge in [-0.1, -0.05) is 0 Å². The average Bonchev–Trinajstić information content (AvgIpc) is 1.67. The summed E-state index contributed by atoms with van der Waals surface area (Å²) in [6.45, 7) is 3.15. The Morgan fingerprint density at radius 3 is 2.12 bits per heavy atom. The molecular weight excluding hydrogens is 104 g/mol. The van der Waals surface area contributed by atoms with E-state index in [9.17, 15) is 4.79 Å². The molecule has 0 spiro atoms. The van der Waals surface area contributed by atoms with Crippen molar-refractivity contribution in [3.05, 3.63) is 0 Å². The first-order valence-electron chi connectivity index (χ1n) is 2.40. The summed E-state index contributed by atoms with van der Waals surface area (Å²) in [6.07, 6.45) is 0. The van der Waals surface area contributed by atoms with E-state index in [2.05, 4.69) is 10.5 Å². The normalized spacial score (nSPS) is 11.1. The Morgan fingerprint density at radius 1 is 1.50 bits per heavy atom. The summed E-state index contributed by atoms with van der Waals surface area (Å²) in [6, 6.07) is 0. The lowest BCUT2D eigenvalue weighted by Gasteiger charge is -1.89. The van der Waals surface area contributed by atoms with Gasteiger partial charge in [0.25, 0.3) is 0 Å². The van der Waals surface area contributed by atoms with Crippen LogP contribution in [0.1, 0.15) is 13.8 Å². The molecule has 3 nitrogen and oxygen atoms in total. The van der Waals surface area contributed by atoms with Crippen LogP contribution in [0.5, 0.6) is 0 Å². The molecule has 0 atom stereocenters. The number of nitrogens with zero attached hydrogens (tertiary/aromatic N) is 1. The van der Waals surface area contributed by atoms with Gasteiger partial charge in [-0.25, -0.2) is 0 Å².